The Balaban J connectivity index is 1.72. The van der Waals surface area contributed by atoms with Crippen molar-refractivity contribution in [3.8, 4) is 0 Å². The smallest absolute Gasteiger partial charge is 0.225 e. The molecule has 0 radical (unpaired) electrons. The highest BCUT2D eigenvalue weighted by Gasteiger charge is 2.04. The van der Waals surface area contributed by atoms with Crippen LogP contribution in [0.1, 0.15) is 12.0 Å². The highest BCUT2D eigenvalue weighted by molar-refractivity contribution is 5.91. The number of amides is 1. The van der Waals surface area contributed by atoms with Crippen molar-refractivity contribution in [1.82, 2.24) is 5.32 Å². The molecular formula is C18H22FN3O. The molecule has 2 N–H and O–H groups in total. The molecular weight excluding hydrogens is 293 g/mol. The summed E-state index contributed by atoms with van der Waals surface area (Å²) in [5, 5.41) is 5.92. The largest absolute Gasteiger partial charge is 0.378 e. The Bertz CT molecular complexity index is 641. The van der Waals surface area contributed by atoms with Crippen LogP contribution in [-0.2, 0) is 11.3 Å². The van der Waals surface area contributed by atoms with Gasteiger partial charge in [-0.05, 0) is 30.3 Å². The monoisotopic (exact) mass is 315 g/mol. The molecule has 0 saturated heterocycles. The summed E-state index contributed by atoms with van der Waals surface area (Å²) >= 11 is 0. The van der Waals surface area contributed by atoms with Crippen molar-refractivity contribution in [2.24, 2.45) is 0 Å². The Morgan fingerprint density at radius 2 is 1.78 bits per heavy atom. The van der Waals surface area contributed by atoms with E-state index in [1.165, 1.54) is 6.07 Å². The minimum atomic E-state index is -0.231. The summed E-state index contributed by atoms with van der Waals surface area (Å²) in [6, 6.07) is 14.3. The zero-order chi connectivity index (χ0) is 16.7. The normalized spacial score (nSPS) is 10.4. The second-order valence-electron chi connectivity index (χ2n) is 5.51. The highest BCUT2D eigenvalue weighted by Crippen LogP contribution is 2.15. The van der Waals surface area contributed by atoms with Gasteiger partial charge in [-0.1, -0.05) is 18.2 Å². The van der Waals surface area contributed by atoms with E-state index in [9.17, 15) is 9.18 Å². The van der Waals surface area contributed by atoms with E-state index in [1.54, 1.807) is 18.2 Å². The van der Waals surface area contributed by atoms with Gasteiger partial charge in [0.05, 0.1) is 0 Å². The first-order valence-corrected chi connectivity index (χ1v) is 7.57. The fourth-order valence-electron chi connectivity index (χ4n) is 2.13. The number of hydrogen-bond donors (Lipinski definition) is 2. The van der Waals surface area contributed by atoms with Crippen molar-refractivity contribution < 1.29 is 9.18 Å². The van der Waals surface area contributed by atoms with Crippen molar-refractivity contribution in [3.05, 3.63) is 59.9 Å². The average Bonchev–Trinajstić information content (AvgIpc) is 2.53. The quantitative estimate of drug-likeness (QED) is 0.772. The van der Waals surface area contributed by atoms with E-state index in [2.05, 4.69) is 10.6 Å². The first-order valence-electron chi connectivity index (χ1n) is 7.57. The van der Waals surface area contributed by atoms with Gasteiger partial charge in [0.1, 0.15) is 5.82 Å². The van der Waals surface area contributed by atoms with E-state index in [4.69, 9.17) is 0 Å². The number of nitrogens with zero attached hydrogens (tertiary/aromatic N) is 1. The van der Waals surface area contributed by atoms with Crippen LogP contribution in [0.25, 0.3) is 0 Å². The number of anilines is 2. The molecule has 0 spiro atoms. The third-order valence-electron chi connectivity index (χ3n) is 3.47. The fraction of sp³-hybridized carbons (Fsp3) is 0.278. The van der Waals surface area contributed by atoms with Gasteiger partial charge in [-0.25, -0.2) is 4.39 Å². The molecule has 1 amide bonds. The molecule has 122 valence electrons. The minimum absolute atomic E-state index is 0.0661. The molecule has 5 heteroatoms. The molecule has 0 heterocycles. The highest BCUT2D eigenvalue weighted by atomic mass is 19.1. The number of halogens is 1. The SMILES string of the molecule is CN(C)c1ccc(NC(=O)CCNCc2ccccc2F)cc1. The zero-order valence-corrected chi connectivity index (χ0v) is 13.5. The first kappa shape index (κ1) is 17.0. The minimum Gasteiger partial charge on any atom is -0.378 e. The van der Waals surface area contributed by atoms with Crippen LogP contribution in [0.3, 0.4) is 0 Å². The Kier molecular flexibility index (Phi) is 6.11. The molecule has 2 rings (SSSR count). The van der Waals surface area contributed by atoms with E-state index >= 15 is 0 Å². The molecule has 0 atom stereocenters. The molecule has 0 aliphatic carbocycles. The van der Waals surface area contributed by atoms with Crippen LogP contribution >= 0.6 is 0 Å². The molecule has 0 fully saturated rings. The van der Waals surface area contributed by atoms with Gasteiger partial charge in [0.25, 0.3) is 0 Å². The number of carbonyl (C=O) groups is 1. The zero-order valence-electron chi connectivity index (χ0n) is 13.5. The predicted molar refractivity (Wildman–Crippen MR) is 92.1 cm³/mol. The summed E-state index contributed by atoms with van der Waals surface area (Å²) in [7, 11) is 3.93. The summed E-state index contributed by atoms with van der Waals surface area (Å²) in [6.07, 6.45) is 0.337. The summed E-state index contributed by atoms with van der Waals surface area (Å²) in [5.41, 5.74) is 2.46. The Morgan fingerprint density at radius 1 is 1.09 bits per heavy atom. The summed E-state index contributed by atoms with van der Waals surface area (Å²) in [4.78, 5) is 13.9. The van der Waals surface area contributed by atoms with Gasteiger partial charge >= 0.3 is 0 Å². The molecule has 0 bridgehead atoms. The van der Waals surface area contributed by atoms with Crippen molar-refractivity contribution in [1.29, 1.82) is 0 Å². The van der Waals surface area contributed by atoms with Crippen LogP contribution < -0.4 is 15.5 Å². The van der Waals surface area contributed by atoms with Crippen LogP contribution in [0.4, 0.5) is 15.8 Å². The topological polar surface area (TPSA) is 44.4 Å². The summed E-state index contributed by atoms with van der Waals surface area (Å²) in [6.45, 7) is 0.910. The molecule has 0 unspecified atom stereocenters. The van der Waals surface area contributed by atoms with Crippen molar-refractivity contribution in [2.75, 3.05) is 30.9 Å². The summed E-state index contributed by atoms with van der Waals surface area (Å²) in [5.74, 6) is -0.297. The molecule has 23 heavy (non-hydrogen) atoms. The molecule has 4 nitrogen and oxygen atoms in total. The van der Waals surface area contributed by atoms with Gasteiger partial charge in [-0.15, -0.1) is 0 Å². The van der Waals surface area contributed by atoms with E-state index in [0.717, 1.165) is 11.4 Å². The Morgan fingerprint density at radius 3 is 2.43 bits per heavy atom. The lowest BCUT2D eigenvalue weighted by Crippen LogP contribution is -2.22. The van der Waals surface area contributed by atoms with Gasteiger partial charge in [0.15, 0.2) is 0 Å². The first-order chi connectivity index (χ1) is 11.1. The van der Waals surface area contributed by atoms with Crippen LogP contribution in [-0.4, -0.2) is 26.5 Å². The Labute approximate surface area is 136 Å². The van der Waals surface area contributed by atoms with Gasteiger partial charge in [0.2, 0.25) is 5.91 Å². The molecule has 2 aromatic carbocycles. The molecule has 2 aromatic rings. The van der Waals surface area contributed by atoms with Crippen LogP contribution in [0.15, 0.2) is 48.5 Å². The number of rotatable bonds is 7. The van der Waals surface area contributed by atoms with Gasteiger partial charge in [-0.2, -0.15) is 0 Å². The van der Waals surface area contributed by atoms with Gasteiger partial charge < -0.3 is 15.5 Å². The number of nitrogens with one attached hydrogen (secondary N) is 2. The standard InChI is InChI=1S/C18H22FN3O/c1-22(2)16-9-7-15(8-10-16)21-18(23)11-12-20-13-14-5-3-4-6-17(14)19/h3-10,20H,11-13H2,1-2H3,(H,21,23). The third kappa shape index (κ3) is 5.38. The second kappa shape index (κ2) is 8.29. The van der Waals surface area contributed by atoms with Crippen molar-refractivity contribution >= 4 is 17.3 Å². The fourth-order valence-corrected chi connectivity index (χ4v) is 2.13. The molecule has 0 aliphatic heterocycles. The molecule has 0 aromatic heterocycles. The van der Waals surface area contributed by atoms with Crippen LogP contribution in [0.2, 0.25) is 0 Å². The second-order valence-corrected chi connectivity index (χ2v) is 5.51. The van der Waals surface area contributed by atoms with Crippen LogP contribution in [0.5, 0.6) is 0 Å². The maximum Gasteiger partial charge on any atom is 0.225 e. The number of hydrogen-bond acceptors (Lipinski definition) is 3. The molecule has 0 aliphatic rings. The maximum absolute atomic E-state index is 13.4. The number of carbonyl (C=O) groups excluding carboxylic acids is 1. The lowest BCUT2D eigenvalue weighted by molar-refractivity contribution is -0.116. The predicted octanol–water partition coefficient (Wildman–Crippen LogP) is 3.01. The third-order valence-corrected chi connectivity index (χ3v) is 3.47. The van der Waals surface area contributed by atoms with E-state index < -0.39 is 0 Å². The summed E-state index contributed by atoms with van der Waals surface area (Å²) < 4.78 is 13.4. The van der Waals surface area contributed by atoms with Crippen LogP contribution in [0, 0.1) is 5.82 Å². The number of benzene rings is 2. The average molecular weight is 315 g/mol. The lowest BCUT2D eigenvalue weighted by Gasteiger charge is -2.13. The van der Waals surface area contributed by atoms with Gasteiger partial charge in [0, 0.05) is 50.5 Å². The Hall–Kier alpha value is -2.40. The van der Waals surface area contributed by atoms with Crippen molar-refractivity contribution in [2.45, 2.75) is 13.0 Å². The maximum atomic E-state index is 13.4. The van der Waals surface area contributed by atoms with Gasteiger partial charge in [-0.3, -0.25) is 4.79 Å². The molecule has 0 saturated carbocycles. The van der Waals surface area contributed by atoms with E-state index in [1.807, 2.05) is 43.3 Å². The van der Waals surface area contributed by atoms with Crippen molar-refractivity contribution in [3.63, 3.8) is 0 Å². The van der Waals surface area contributed by atoms with E-state index in [0.29, 0.717) is 25.1 Å². The lowest BCUT2D eigenvalue weighted by atomic mass is 10.2. The van der Waals surface area contributed by atoms with E-state index in [-0.39, 0.29) is 11.7 Å².